The molecule has 0 spiro atoms. The zero-order valence-electron chi connectivity index (χ0n) is 15.7. The smallest absolute Gasteiger partial charge is 0.325 e. The van der Waals surface area contributed by atoms with E-state index in [1.807, 2.05) is 37.3 Å². The maximum Gasteiger partial charge on any atom is 0.325 e. The van der Waals surface area contributed by atoms with Gasteiger partial charge in [-0.25, -0.2) is 9.18 Å². The second kappa shape index (κ2) is 8.12. The van der Waals surface area contributed by atoms with Crippen LogP contribution in [0.25, 0.3) is 11.1 Å². The molecule has 2 aromatic carbocycles. The van der Waals surface area contributed by atoms with Gasteiger partial charge in [-0.15, -0.1) is 0 Å². The first-order chi connectivity index (χ1) is 13.3. The van der Waals surface area contributed by atoms with Crippen molar-refractivity contribution in [1.82, 2.24) is 15.3 Å². The van der Waals surface area contributed by atoms with E-state index >= 15 is 0 Å². The van der Waals surface area contributed by atoms with Gasteiger partial charge < -0.3 is 15.4 Å². The van der Waals surface area contributed by atoms with Crippen LogP contribution >= 0.6 is 0 Å². The fourth-order valence-electron chi connectivity index (χ4n) is 2.97. The lowest BCUT2D eigenvalue weighted by molar-refractivity contribution is -0.120. The van der Waals surface area contributed by atoms with E-state index in [0.29, 0.717) is 12.1 Å². The number of halogens is 1. The van der Waals surface area contributed by atoms with Crippen LogP contribution in [0.3, 0.4) is 0 Å². The van der Waals surface area contributed by atoms with Crippen LogP contribution < -0.4 is 11.0 Å². The highest BCUT2D eigenvalue weighted by Crippen LogP contribution is 2.24. The average molecular weight is 383 g/mol. The summed E-state index contributed by atoms with van der Waals surface area (Å²) in [6, 6.07) is 13.0. The average Bonchev–Trinajstić information content (AvgIpc) is 2.99. The van der Waals surface area contributed by atoms with E-state index in [1.165, 1.54) is 6.07 Å². The van der Waals surface area contributed by atoms with Gasteiger partial charge in [0, 0.05) is 6.54 Å². The zero-order valence-corrected chi connectivity index (χ0v) is 15.7. The summed E-state index contributed by atoms with van der Waals surface area (Å²) >= 11 is 0. The second-order valence-electron chi connectivity index (χ2n) is 6.87. The maximum atomic E-state index is 13.4. The van der Waals surface area contributed by atoms with Crippen LogP contribution in [0.1, 0.15) is 29.7 Å². The predicted octanol–water partition coefficient (Wildman–Crippen LogP) is 2.99. The van der Waals surface area contributed by atoms with E-state index in [-0.39, 0.29) is 35.6 Å². The van der Waals surface area contributed by atoms with E-state index in [0.717, 1.165) is 16.7 Å². The lowest BCUT2D eigenvalue weighted by Crippen LogP contribution is -2.29. The number of rotatable bonds is 6. The summed E-state index contributed by atoms with van der Waals surface area (Å²) < 4.78 is 13.4. The Morgan fingerprint density at radius 1 is 1.14 bits per heavy atom. The molecule has 0 saturated carbocycles. The van der Waals surface area contributed by atoms with Crippen molar-refractivity contribution in [2.75, 3.05) is 6.54 Å². The minimum Gasteiger partial charge on any atom is -0.493 e. The molecule has 1 unspecified atom stereocenters. The van der Waals surface area contributed by atoms with Gasteiger partial charge in [0.1, 0.15) is 5.82 Å². The zero-order chi connectivity index (χ0) is 20.3. The van der Waals surface area contributed by atoms with Crippen molar-refractivity contribution in [3.63, 3.8) is 0 Å². The SMILES string of the molecule is Cc1cc(-c2ccc(C(C)CNC(=O)Cc3[nH]c(=O)[nH]c3O)cc2)ccc1F. The fraction of sp³-hybridized carbons (Fsp3) is 0.238. The number of aromatic hydroxyl groups is 1. The number of aromatic amines is 2. The first-order valence-corrected chi connectivity index (χ1v) is 8.97. The third kappa shape index (κ3) is 4.49. The van der Waals surface area contributed by atoms with Crippen molar-refractivity contribution < 1.29 is 14.3 Å². The number of H-pyrrole nitrogens is 2. The van der Waals surface area contributed by atoms with Crippen LogP contribution in [0.15, 0.2) is 47.3 Å². The Bertz CT molecular complexity index is 1040. The fourth-order valence-corrected chi connectivity index (χ4v) is 2.97. The molecule has 0 fully saturated rings. The van der Waals surface area contributed by atoms with Crippen LogP contribution in [-0.4, -0.2) is 27.5 Å². The van der Waals surface area contributed by atoms with E-state index in [2.05, 4.69) is 15.3 Å². The number of aromatic nitrogens is 2. The van der Waals surface area contributed by atoms with Crippen molar-refractivity contribution in [1.29, 1.82) is 0 Å². The Labute approximate surface area is 161 Å². The van der Waals surface area contributed by atoms with E-state index in [9.17, 15) is 19.1 Å². The van der Waals surface area contributed by atoms with Gasteiger partial charge in [-0.3, -0.25) is 9.78 Å². The van der Waals surface area contributed by atoms with Crippen molar-refractivity contribution in [3.05, 3.63) is 75.6 Å². The first-order valence-electron chi connectivity index (χ1n) is 8.97. The highest BCUT2D eigenvalue weighted by atomic mass is 19.1. The van der Waals surface area contributed by atoms with Gasteiger partial charge in [-0.2, -0.15) is 0 Å². The molecule has 0 aliphatic heterocycles. The summed E-state index contributed by atoms with van der Waals surface area (Å²) in [5, 5.41) is 12.3. The Kier molecular flexibility index (Phi) is 5.63. The lowest BCUT2D eigenvalue weighted by Gasteiger charge is -2.14. The van der Waals surface area contributed by atoms with Crippen molar-refractivity contribution in [2.24, 2.45) is 0 Å². The molecule has 1 amide bonds. The van der Waals surface area contributed by atoms with Gasteiger partial charge in [-0.1, -0.05) is 37.3 Å². The molecule has 1 heterocycles. The predicted molar refractivity (Wildman–Crippen MR) is 105 cm³/mol. The molecule has 1 atom stereocenters. The van der Waals surface area contributed by atoms with Crippen LogP contribution in [0, 0.1) is 12.7 Å². The number of aryl methyl sites for hydroxylation is 1. The summed E-state index contributed by atoms with van der Waals surface area (Å²) in [4.78, 5) is 27.7. The van der Waals surface area contributed by atoms with E-state index in [4.69, 9.17) is 0 Å². The number of benzene rings is 2. The molecule has 0 aliphatic carbocycles. The van der Waals surface area contributed by atoms with Crippen LogP contribution in [-0.2, 0) is 11.2 Å². The number of carbonyl (C=O) groups excluding carboxylic acids is 1. The summed E-state index contributed by atoms with van der Waals surface area (Å²) in [5.74, 6) is -0.760. The summed E-state index contributed by atoms with van der Waals surface area (Å²) in [5.41, 5.74) is 3.22. The van der Waals surface area contributed by atoms with Gasteiger partial charge in [-0.05, 0) is 47.2 Å². The number of carbonyl (C=O) groups is 1. The van der Waals surface area contributed by atoms with Crippen LogP contribution in [0.2, 0.25) is 0 Å². The number of hydrogen-bond acceptors (Lipinski definition) is 3. The molecule has 0 bridgehead atoms. The number of amides is 1. The molecular formula is C21H22FN3O3. The quantitative estimate of drug-likeness (QED) is 0.527. The molecule has 7 heteroatoms. The van der Waals surface area contributed by atoms with Gasteiger partial charge in [0.15, 0.2) is 0 Å². The largest absolute Gasteiger partial charge is 0.493 e. The number of hydrogen-bond donors (Lipinski definition) is 4. The van der Waals surface area contributed by atoms with Crippen molar-refractivity contribution in [2.45, 2.75) is 26.2 Å². The van der Waals surface area contributed by atoms with Gasteiger partial charge in [0.25, 0.3) is 0 Å². The normalized spacial score (nSPS) is 12.0. The molecule has 1 aromatic heterocycles. The first kappa shape index (κ1) is 19.4. The third-order valence-corrected chi connectivity index (χ3v) is 4.70. The minimum absolute atomic E-state index is 0.0758. The number of nitrogens with one attached hydrogen (secondary N) is 3. The van der Waals surface area contributed by atoms with E-state index in [1.54, 1.807) is 13.0 Å². The van der Waals surface area contributed by atoms with Crippen molar-refractivity contribution in [3.8, 4) is 17.0 Å². The Morgan fingerprint density at radius 2 is 1.82 bits per heavy atom. The van der Waals surface area contributed by atoms with Gasteiger partial charge in [0.2, 0.25) is 11.8 Å². The highest BCUT2D eigenvalue weighted by molar-refractivity contribution is 5.78. The monoisotopic (exact) mass is 383 g/mol. The summed E-state index contributed by atoms with van der Waals surface area (Å²) in [6.07, 6.45) is -0.111. The van der Waals surface area contributed by atoms with Crippen LogP contribution in [0.5, 0.6) is 5.88 Å². The summed E-state index contributed by atoms with van der Waals surface area (Å²) in [7, 11) is 0. The molecule has 3 rings (SSSR count). The maximum absolute atomic E-state index is 13.4. The van der Waals surface area contributed by atoms with Crippen LogP contribution in [0.4, 0.5) is 4.39 Å². The highest BCUT2D eigenvalue weighted by Gasteiger charge is 2.13. The molecule has 6 nitrogen and oxygen atoms in total. The Balaban J connectivity index is 1.59. The second-order valence-corrected chi connectivity index (χ2v) is 6.87. The van der Waals surface area contributed by atoms with Gasteiger partial charge >= 0.3 is 5.69 Å². The third-order valence-electron chi connectivity index (χ3n) is 4.70. The molecule has 146 valence electrons. The Morgan fingerprint density at radius 3 is 2.43 bits per heavy atom. The topological polar surface area (TPSA) is 98.0 Å². The molecule has 0 aliphatic rings. The van der Waals surface area contributed by atoms with E-state index < -0.39 is 5.69 Å². The van der Waals surface area contributed by atoms with Crippen molar-refractivity contribution >= 4 is 5.91 Å². The standard InChI is InChI=1S/C21H22FN3O3/c1-12-9-16(7-8-17(12)22)15-5-3-14(4-6-15)13(2)11-23-19(26)10-18-20(27)25-21(28)24-18/h3-9,13,27H,10-11H2,1-2H3,(H,23,26)(H2,24,25,28). The van der Waals surface area contributed by atoms with Gasteiger partial charge in [0.05, 0.1) is 12.1 Å². The molecule has 4 N–H and O–H groups in total. The molecule has 0 saturated heterocycles. The molecule has 3 aromatic rings. The minimum atomic E-state index is -0.551. The number of imidazole rings is 1. The molecule has 28 heavy (non-hydrogen) atoms. The summed E-state index contributed by atoms with van der Waals surface area (Å²) in [6.45, 7) is 4.15. The molecular weight excluding hydrogens is 361 g/mol. The lowest BCUT2D eigenvalue weighted by atomic mass is 9.97. The Hall–Kier alpha value is -3.35. The molecule has 0 radical (unpaired) electrons.